The molecule has 0 spiro atoms. The second-order valence-corrected chi connectivity index (χ2v) is 3.24. The van der Waals surface area contributed by atoms with Crippen LogP contribution in [0.5, 0.6) is 0 Å². The quantitative estimate of drug-likeness (QED) is 0.798. The maximum absolute atomic E-state index is 5.72. The Labute approximate surface area is 75.1 Å². The largest absolute Gasteiger partial charge is 0.364 e. The van der Waals surface area contributed by atoms with Crippen molar-refractivity contribution in [2.45, 2.75) is 26.3 Å². The molecular weight excluding hydrogens is 182 g/mol. The van der Waals surface area contributed by atoms with Crippen LogP contribution in [0.2, 0.25) is 5.15 Å². The van der Waals surface area contributed by atoms with Gasteiger partial charge in [0, 0.05) is 6.04 Å². The highest BCUT2D eigenvalue weighted by molar-refractivity contribution is 6.99. The fourth-order valence-corrected chi connectivity index (χ4v) is 1.26. The molecule has 11 heavy (non-hydrogen) atoms. The number of hydrogen-bond donors (Lipinski definition) is 1. The highest BCUT2D eigenvalue weighted by Crippen LogP contribution is 2.18. The van der Waals surface area contributed by atoms with Gasteiger partial charge in [-0.2, -0.15) is 8.75 Å². The lowest BCUT2D eigenvalue weighted by Gasteiger charge is -2.08. The summed E-state index contributed by atoms with van der Waals surface area (Å²) in [4.78, 5) is 0. The van der Waals surface area contributed by atoms with Crippen LogP contribution in [0.3, 0.4) is 0 Å². The molecule has 1 N–H and O–H groups in total. The molecule has 0 amide bonds. The molecule has 1 aromatic rings. The molecule has 62 valence electrons. The molecule has 0 aliphatic rings. The highest BCUT2D eigenvalue weighted by Gasteiger charge is 2.06. The van der Waals surface area contributed by atoms with Crippen molar-refractivity contribution in [2.24, 2.45) is 0 Å². The van der Waals surface area contributed by atoms with Gasteiger partial charge < -0.3 is 5.32 Å². The van der Waals surface area contributed by atoms with E-state index >= 15 is 0 Å². The first-order chi connectivity index (χ1) is 5.24. The van der Waals surface area contributed by atoms with E-state index in [4.69, 9.17) is 11.6 Å². The first-order valence-electron chi connectivity index (χ1n) is 3.48. The smallest absolute Gasteiger partial charge is 0.186 e. The fraction of sp³-hybridized carbons (Fsp3) is 0.667. The Morgan fingerprint density at radius 1 is 1.64 bits per heavy atom. The summed E-state index contributed by atoms with van der Waals surface area (Å²) < 4.78 is 7.83. The van der Waals surface area contributed by atoms with Crippen molar-refractivity contribution in [3.63, 3.8) is 0 Å². The van der Waals surface area contributed by atoms with Crippen molar-refractivity contribution < 1.29 is 0 Å². The summed E-state index contributed by atoms with van der Waals surface area (Å²) in [7, 11) is 0. The van der Waals surface area contributed by atoms with Crippen LogP contribution in [0.25, 0.3) is 0 Å². The number of rotatable bonds is 3. The molecular formula is C6H10ClN3S. The lowest BCUT2D eigenvalue weighted by Crippen LogP contribution is -2.13. The van der Waals surface area contributed by atoms with E-state index in [-0.39, 0.29) is 0 Å². The van der Waals surface area contributed by atoms with E-state index in [1.165, 1.54) is 0 Å². The molecule has 3 nitrogen and oxygen atoms in total. The molecule has 0 bridgehead atoms. The summed E-state index contributed by atoms with van der Waals surface area (Å²) in [6.45, 7) is 4.18. The Hall–Kier alpha value is -0.350. The van der Waals surface area contributed by atoms with E-state index in [2.05, 4.69) is 27.9 Å². The zero-order valence-electron chi connectivity index (χ0n) is 6.47. The third-order valence-corrected chi connectivity index (χ3v) is 2.34. The van der Waals surface area contributed by atoms with E-state index in [1.54, 1.807) is 0 Å². The Kier molecular flexibility index (Phi) is 3.08. The lowest BCUT2D eigenvalue weighted by molar-refractivity contribution is 0.761. The average molecular weight is 192 g/mol. The van der Waals surface area contributed by atoms with E-state index in [9.17, 15) is 0 Å². The lowest BCUT2D eigenvalue weighted by atomic mass is 10.3. The van der Waals surface area contributed by atoms with Gasteiger partial charge in [0.25, 0.3) is 0 Å². The SMILES string of the molecule is CC[C@@H](C)Nc1nsnc1Cl. The minimum absolute atomic E-state index is 0.399. The molecule has 1 atom stereocenters. The van der Waals surface area contributed by atoms with Crippen molar-refractivity contribution in [3.05, 3.63) is 5.15 Å². The summed E-state index contributed by atoms with van der Waals surface area (Å²) in [6.07, 6.45) is 1.05. The van der Waals surface area contributed by atoms with E-state index in [0.29, 0.717) is 17.0 Å². The molecule has 5 heteroatoms. The third-order valence-electron chi connectivity index (χ3n) is 1.44. The molecule has 0 aliphatic carbocycles. The molecule has 1 rings (SSSR count). The van der Waals surface area contributed by atoms with Gasteiger partial charge in [0.15, 0.2) is 11.0 Å². The zero-order valence-corrected chi connectivity index (χ0v) is 8.04. The fourth-order valence-electron chi connectivity index (χ4n) is 0.599. The van der Waals surface area contributed by atoms with Gasteiger partial charge in [-0.25, -0.2) is 0 Å². The Bertz CT molecular complexity index is 225. The standard InChI is InChI=1S/C6H10ClN3S/c1-3-4(2)8-6-5(7)9-11-10-6/h4H,3H2,1-2H3,(H,8,10)/t4-/m1/s1. The Morgan fingerprint density at radius 2 is 2.36 bits per heavy atom. The Balaban J connectivity index is 2.56. The molecule has 1 aromatic heterocycles. The average Bonchev–Trinajstić information content (AvgIpc) is 2.37. The Morgan fingerprint density at radius 3 is 2.82 bits per heavy atom. The summed E-state index contributed by atoms with van der Waals surface area (Å²) in [5.74, 6) is 0.700. The van der Waals surface area contributed by atoms with Crippen LogP contribution < -0.4 is 5.32 Å². The van der Waals surface area contributed by atoms with Gasteiger partial charge in [0.2, 0.25) is 0 Å². The molecule has 0 radical (unpaired) electrons. The molecule has 0 aliphatic heterocycles. The van der Waals surface area contributed by atoms with Gasteiger partial charge in [-0.15, -0.1) is 0 Å². The van der Waals surface area contributed by atoms with Gasteiger partial charge >= 0.3 is 0 Å². The minimum Gasteiger partial charge on any atom is -0.364 e. The molecule has 0 unspecified atom stereocenters. The summed E-state index contributed by atoms with van der Waals surface area (Å²) in [6, 6.07) is 0.399. The third kappa shape index (κ3) is 2.31. The van der Waals surface area contributed by atoms with Crippen LogP contribution in [-0.2, 0) is 0 Å². The summed E-state index contributed by atoms with van der Waals surface area (Å²) >= 11 is 6.84. The summed E-state index contributed by atoms with van der Waals surface area (Å²) in [5, 5.41) is 3.61. The number of hydrogen-bond acceptors (Lipinski definition) is 4. The maximum Gasteiger partial charge on any atom is 0.186 e. The maximum atomic E-state index is 5.72. The second-order valence-electron chi connectivity index (χ2n) is 2.36. The van der Waals surface area contributed by atoms with Gasteiger partial charge in [-0.3, -0.25) is 0 Å². The normalized spacial score (nSPS) is 13.0. The van der Waals surface area contributed by atoms with Crippen molar-refractivity contribution in [1.82, 2.24) is 8.75 Å². The predicted molar refractivity (Wildman–Crippen MR) is 48.3 cm³/mol. The first-order valence-corrected chi connectivity index (χ1v) is 4.59. The minimum atomic E-state index is 0.399. The topological polar surface area (TPSA) is 37.8 Å². The van der Waals surface area contributed by atoms with Crippen LogP contribution in [0.1, 0.15) is 20.3 Å². The van der Waals surface area contributed by atoms with Crippen molar-refractivity contribution >= 4 is 29.1 Å². The monoisotopic (exact) mass is 191 g/mol. The van der Waals surface area contributed by atoms with Gasteiger partial charge in [-0.1, -0.05) is 18.5 Å². The van der Waals surface area contributed by atoms with Crippen molar-refractivity contribution in [1.29, 1.82) is 0 Å². The van der Waals surface area contributed by atoms with Gasteiger partial charge in [-0.05, 0) is 13.3 Å². The van der Waals surface area contributed by atoms with Gasteiger partial charge in [0.05, 0.1) is 11.7 Å². The number of nitrogens with zero attached hydrogens (tertiary/aromatic N) is 2. The molecule has 0 aromatic carbocycles. The predicted octanol–water partition coefficient (Wildman–Crippen LogP) is 2.40. The van der Waals surface area contributed by atoms with Crippen LogP contribution in [0.4, 0.5) is 5.82 Å². The number of halogens is 1. The first kappa shape index (κ1) is 8.74. The number of anilines is 1. The number of nitrogens with one attached hydrogen (secondary N) is 1. The summed E-state index contributed by atoms with van der Waals surface area (Å²) in [5.41, 5.74) is 0. The van der Waals surface area contributed by atoms with Crippen LogP contribution in [-0.4, -0.2) is 14.8 Å². The van der Waals surface area contributed by atoms with Crippen LogP contribution >= 0.6 is 23.3 Å². The zero-order chi connectivity index (χ0) is 8.27. The molecule has 1 heterocycles. The van der Waals surface area contributed by atoms with E-state index < -0.39 is 0 Å². The molecule has 0 fully saturated rings. The van der Waals surface area contributed by atoms with Crippen molar-refractivity contribution in [3.8, 4) is 0 Å². The molecule has 0 saturated heterocycles. The van der Waals surface area contributed by atoms with Crippen LogP contribution in [0.15, 0.2) is 0 Å². The highest BCUT2D eigenvalue weighted by atomic mass is 35.5. The second kappa shape index (κ2) is 3.88. The van der Waals surface area contributed by atoms with Gasteiger partial charge in [0.1, 0.15) is 0 Å². The van der Waals surface area contributed by atoms with Crippen LogP contribution in [0, 0.1) is 0 Å². The van der Waals surface area contributed by atoms with E-state index in [0.717, 1.165) is 18.1 Å². The molecule has 0 saturated carbocycles. The number of aromatic nitrogens is 2. The van der Waals surface area contributed by atoms with E-state index in [1.807, 2.05) is 0 Å². The van der Waals surface area contributed by atoms with Crippen molar-refractivity contribution in [2.75, 3.05) is 5.32 Å².